The van der Waals surface area contributed by atoms with E-state index in [4.69, 9.17) is 5.11 Å². The van der Waals surface area contributed by atoms with Crippen molar-refractivity contribution in [3.8, 4) is 0 Å². The molecule has 0 aromatic carbocycles. The van der Waals surface area contributed by atoms with Gasteiger partial charge in [-0.1, -0.05) is 6.92 Å². The van der Waals surface area contributed by atoms with Crippen LogP contribution in [0.1, 0.15) is 33.6 Å². The lowest BCUT2D eigenvalue weighted by Crippen LogP contribution is -2.53. The minimum absolute atomic E-state index is 0.0833. The summed E-state index contributed by atoms with van der Waals surface area (Å²) in [4.78, 5) is 26.2. The highest BCUT2D eigenvalue weighted by Gasteiger charge is 2.42. The number of carboxylic acids is 1. The highest BCUT2D eigenvalue weighted by atomic mass is 16.4. The maximum Gasteiger partial charge on any atom is 0.326 e. The lowest BCUT2D eigenvalue weighted by atomic mass is 10.0. The average Bonchev–Trinajstić information content (AvgIpc) is 2.69. The van der Waals surface area contributed by atoms with Gasteiger partial charge in [-0.05, 0) is 20.3 Å². The summed E-state index contributed by atoms with van der Waals surface area (Å²) in [6.45, 7) is 5.90. The summed E-state index contributed by atoms with van der Waals surface area (Å²) in [5.41, 5.74) is -0.340. The Morgan fingerprint density at radius 1 is 1.44 bits per heavy atom. The van der Waals surface area contributed by atoms with Gasteiger partial charge < -0.3 is 20.0 Å². The van der Waals surface area contributed by atoms with Crippen LogP contribution in [0.15, 0.2) is 0 Å². The fraction of sp³-hybridized carbons (Fsp3) is 0.833. The van der Waals surface area contributed by atoms with Crippen molar-refractivity contribution in [2.24, 2.45) is 0 Å². The Kier molecular flexibility index (Phi) is 4.21. The zero-order chi connectivity index (χ0) is 14.1. The molecular formula is C12H22N2O4. The maximum atomic E-state index is 12.3. The third-order valence-corrected chi connectivity index (χ3v) is 3.87. The first-order chi connectivity index (χ1) is 8.20. The highest BCUT2D eigenvalue weighted by Crippen LogP contribution is 2.24. The number of rotatable bonds is 3. The SMILES string of the molecule is CCC(C)(C)N(C)C(=O)N1C[C@@H](O)C[C@H]1C(=O)O. The summed E-state index contributed by atoms with van der Waals surface area (Å²) in [6, 6.07) is -1.27. The Hall–Kier alpha value is -1.30. The summed E-state index contributed by atoms with van der Waals surface area (Å²) in [5, 5.41) is 18.6. The molecule has 0 aliphatic carbocycles. The largest absolute Gasteiger partial charge is 0.480 e. The molecule has 1 saturated heterocycles. The van der Waals surface area contributed by atoms with Crippen molar-refractivity contribution < 1.29 is 19.8 Å². The van der Waals surface area contributed by atoms with Gasteiger partial charge in [0.25, 0.3) is 0 Å². The van der Waals surface area contributed by atoms with Crippen LogP contribution in [0.5, 0.6) is 0 Å². The number of carbonyl (C=O) groups excluding carboxylic acids is 1. The summed E-state index contributed by atoms with van der Waals surface area (Å²) >= 11 is 0. The van der Waals surface area contributed by atoms with Crippen molar-refractivity contribution in [1.29, 1.82) is 0 Å². The van der Waals surface area contributed by atoms with E-state index < -0.39 is 18.1 Å². The standard InChI is InChI=1S/C12H22N2O4/c1-5-12(2,3)13(4)11(18)14-7-8(15)6-9(14)10(16)17/h8-9,15H,5-7H2,1-4H3,(H,16,17)/t8-,9-/m0/s1. The molecule has 1 aliphatic heterocycles. The molecular weight excluding hydrogens is 236 g/mol. The van der Waals surface area contributed by atoms with Gasteiger partial charge in [0, 0.05) is 25.6 Å². The van der Waals surface area contributed by atoms with Crippen LogP contribution in [0.3, 0.4) is 0 Å². The Morgan fingerprint density at radius 3 is 2.44 bits per heavy atom. The number of β-amino-alcohol motifs (C(OH)–C–C–N with tert-alkyl or cyclic N) is 1. The molecule has 18 heavy (non-hydrogen) atoms. The van der Waals surface area contributed by atoms with Gasteiger partial charge in [-0.3, -0.25) is 0 Å². The number of aliphatic carboxylic acids is 1. The van der Waals surface area contributed by atoms with Gasteiger partial charge in [0.15, 0.2) is 0 Å². The normalized spacial score (nSPS) is 24.2. The lowest BCUT2D eigenvalue weighted by molar-refractivity contribution is -0.141. The minimum atomic E-state index is -1.07. The Morgan fingerprint density at radius 2 is 2.00 bits per heavy atom. The monoisotopic (exact) mass is 258 g/mol. The van der Waals surface area contributed by atoms with Gasteiger partial charge in [0.2, 0.25) is 0 Å². The highest BCUT2D eigenvalue weighted by molar-refractivity contribution is 5.83. The van der Waals surface area contributed by atoms with E-state index in [1.165, 1.54) is 4.90 Å². The summed E-state index contributed by atoms with van der Waals surface area (Å²) < 4.78 is 0. The summed E-state index contributed by atoms with van der Waals surface area (Å²) in [6.07, 6.45) is 0.110. The molecule has 0 radical (unpaired) electrons. The van der Waals surface area contributed by atoms with Crippen molar-refractivity contribution in [1.82, 2.24) is 9.80 Å². The van der Waals surface area contributed by atoms with Crippen molar-refractivity contribution >= 4 is 12.0 Å². The molecule has 0 unspecified atom stereocenters. The second kappa shape index (κ2) is 5.14. The smallest absolute Gasteiger partial charge is 0.326 e. The molecule has 0 saturated carbocycles. The van der Waals surface area contributed by atoms with Gasteiger partial charge in [-0.15, -0.1) is 0 Å². The second-order valence-electron chi connectivity index (χ2n) is 5.40. The van der Waals surface area contributed by atoms with Crippen LogP contribution < -0.4 is 0 Å². The summed E-state index contributed by atoms with van der Waals surface area (Å²) in [7, 11) is 1.66. The summed E-state index contributed by atoms with van der Waals surface area (Å²) in [5.74, 6) is -1.07. The molecule has 104 valence electrons. The number of aliphatic hydroxyl groups is 1. The van der Waals surface area contributed by atoms with Crippen molar-refractivity contribution in [3.05, 3.63) is 0 Å². The number of carbonyl (C=O) groups is 2. The predicted octanol–water partition coefficient (Wildman–Crippen LogP) is 0.747. The molecule has 0 aromatic rings. The van der Waals surface area contributed by atoms with Gasteiger partial charge in [0.05, 0.1) is 6.10 Å². The number of carboxylic acid groups (broad SMARTS) is 1. The zero-order valence-electron chi connectivity index (χ0n) is 11.4. The molecule has 0 bridgehead atoms. The van der Waals surface area contributed by atoms with Crippen molar-refractivity contribution in [3.63, 3.8) is 0 Å². The molecule has 0 spiro atoms. The van der Waals surface area contributed by atoms with Crippen LogP contribution >= 0.6 is 0 Å². The van der Waals surface area contributed by atoms with Crippen molar-refractivity contribution in [2.45, 2.75) is 51.3 Å². The van der Waals surface area contributed by atoms with E-state index in [2.05, 4.69) is 0 Å². The van der Waals surface area contributed by atoms with E-state index in [-0.39, 0.29) is 24.5 Å². The third kappa shape index (κ3) is 2.75. The number of aliphatic hydroxyl groups excluding tert-OH is 1. The van der Waals surface area contributed by atoms with E-state index >= 15 is 0 Å². The predicted molar refractivity (Wildman–Crippen MR) is 66.3 cm³/mol. The van der Waals surface area contributed by atoms with E-state index in [0.717, 1.165) is 6.42 Å². The van der Waals surface area contributed by atoms with Gasteiger partial charge in [-0.25, -0.2) is 9.59 Å². The van der Waals surface area contributed by atoms with Crippen LogP contribution in [0.25, 0.3) is 0 Å². The van der Waals surface area contributed by atoms with Crippen LogP contribution in [0, 0.1) is 0 Å². The zero-order valence-corrected chi connectivity index (χ0v) is 11.4. The molecule has 1 rings (SSSR count). The van der Waals surface area contributed by atoms with Crippen molar-refractivity contribution in [2.75, 3.05) is 13.6 Å². The van der Waals surface area contributed by atoms with Gasteiger partial charge in [0.1, 0.15) is 6.04 Å². The molecule has 1 heterocycles. The Balaban J connectivity index is 2.86. The van der Waals surface area contributed by atoms with Crippen LogP contribution in [-0.2, 0) is 4.79 Å². The minimum Gasteiger partial charge on any atom is -0.480 e. The molecule has 1 fully saturated rings. The number of amides is 2. The first-order valence-corrected chi connectivity index (χ1v) is 6.16. The van der Waals surface area contributed by atoms with Crippen LogP contribution in [-0.4, -0.2) is 63.3 Å². The second-order valence-corrected chi connectivity index (χ2v) is 5.40. The molecule has 2 N–H and O–H groups in total. The molecule has 0 aromatic heterocycles. The Labute approximate surface area is 107 Å². The molecule has 2 amide bonds. The first kappa shape index (κ1) is 14.8. The third-order valence-electron chi connectivity index (χ3n) is 3.87. The molecule has 2 atom stereocenters. The number of nitrogens with zero attached hydrogens (tertiary/aromatic N) is 2. The van der Waals surface area contributed by atoms with E-state index in [1.54, 1.807) is 11.9 Å². The number of urea groups is 1. The van der Waals surface area contributed by atoms with Gasteiger partial charge in [-0.2, -0.15) is 0 Å². The lowest BCUT2D eigenvalue weighted by Gasteiger charge is -2.38. The Bertz CT molecular complexity index is 343. The first-order valence-electron chi connectivity index (χ1n) is 6.16. The number of likely N-dealkylation sites (tertiary alicyclic amines) is 1. The molecule has 6 nitrogen and oxygen atoms in total. The van der Waals surface area contributed by atoms with Crippen LogP contribution in [0.2, 0.25) is 0 Å². The fourth-order valence-electron chi connectivity index (χ4n) is 1.95. The maximum absolute atomic E-state index is 12.3. The number of hydrogen-bond acceptors (Lipinski definition) is 3. The van der Waals surface area contributed by atoms with E-state index in [0.29, 0.717) is 0 Å². The quantitative estimate of drug-likeness (QED) is 0.782. The molecule has 1 aliphatic rings. The fourth-order valence-corrected chi connectivity index (χ4v) is 1.95. The van der Waals surface area contributed by atoms with E-state index in [9.17, 15) is 14.7 Å². The van der Waals surface area contributed by atoms with Gasteiger partial charge >= 0.3 is 12.0 Å². The van der Waals surface area contributed by atoms with E-state index in [1.807, 2.05) is 20.8 Å². The topological polar surface area (TPSA) is 81.1 Å². The average molecular weight is 258 g/mol. The van der Waals surface area contributed by atoms with Crippen LogP contribution in [0.4, 0.5) is 4.79 Å². The number of hydrogen-bond donors (Lipinski definition) is 2. The molecule has 6 heteroatoms.